The molecule has 4 heteroatoms. The van der Waals surface area contributed by atoms with Crippen LogP contribution in [0.2, 0.25) is 0 Å². The third kappa shape index (κ3) is 2.45. The van der Waals surface area contributed by atoms with Crippen molar-refractivity contribution < 1.29 is 13.2 Å². The van der Waals surface area contributed by atoms with Crippen molar-refractivity contribution in [2.24, 2.45) is 0 Å². The Bertz CT molecular complexity index is 288. The molecule has 0 aliphatic rings. The lowest BCUT2D eigenvalue weighted by Crippen LogP contribution is -2.14. The highest BCUT2D eigenvalue weighted by molar-refractivity contribution is 5.20. The van der Waals surface area contributed by atoms with Crippen LogP contribution in [0.25, 0.3) is 0 Å². The van der Waals surface area contributed by atoms with Crippen LogP contribution < -0.4 is 5.32 Å². The van der Waals surface area contributed by atoms with Crippen LogP contribution >= 0.6 is 0 Å². The van der Waals surface area contributed by atoms with Crippen molar-refractivity contribution in [3.63, 3.8) is 0 Å². The van der Waals surface area contributed by atoms with Crippen LogP contribution in [0.3, 0.4) is 0 Å². The highest BCUT2D eigenvalue weighted by Gasteiger charge is 2.11. The maximum atomic E-state index is 13.1. The predicted molar refractivity (Wildman–Crippen MR) is 44.1 cm³/mol. The van der Waals surface area contributed by atoms with Gasteiger partial charge in [-0.15, -0.1) is 0 Å². The van der Waals surface area contributed by atoms with E-state index in [0.717, 1.165) is 12.1 Å². The Morgan fingerprint density at radius 2 is 2.00 bits per heavy atom. The Kier molecular flexibility index (Phi) is 3.31. The van der Waals surface area contributed by atoms with Crippen LogP contribution in [-0.4, -0.2) is 13.6 Å². The van der Waals surface area contributed by atoms with E-state index in [0.29, 0.717) is 0 Å². The molecule has 72 valence electrons. The molecule has 13 heavy (non-hydrogen) atoms. The van der Waals surface area contributed by atoms with Gasteiger partial charge < -0.3 is 5.32 Å². The third-order valence-corrected chi connectivity index (χ3v) is 1.69. The molecule has 0 saturated carbocycles. The highest BCUT2D eigenvalue weighted by Crippen LogP contribution is 2.18. The molecule has 0 aliphatic carbocycles. The molecule has 0 aliphatic heterocycles. The molecule has 0 amide bonds. The fraction of sp³-hybridized carbons (Fsp3) is 0.333. The lowest BCUT2D eigenvalue weighted by molar-refractivity contribution is 0.333. The quantitative estimate of drug-likeness (QED) is 0.768. The SMILES string of the molecule is CNCC(F)c1ccc(F)c(F)c1. The molecule has 1 N–H and O–H groups in total. The summed E-state index contributed by atoms with van der Waals surface area (Å²) >= 11 is 0. The van der Waals surface area contributed by atoms with Crippen molar-refractivity contribution >= 4 is 0 Å². The zero-order chi connectivity index (χ0) is 9.84. The first-order valence-electron chi connectivity index (χ1n) is 3.88. The molecule has 1 aromatic carbocycles. The summed E-state index contributed by atoms with van der Waals surface area (Å²) in [5.74, 6) is -1.98. The van der Waals surface area contributed by atoms with Gasteiger partial charge in [-0.25, -0.2) is 13.2 Å². The van der Waals surface area contributed by atoms with Gasteiger partial charge >= 0.3 is 0 Å². The summed E-state index contributed by atoms with van der Waals surface area (Å²) < 4.78 is 38.1. The minimum Gasteiger partial charge on any atom is -0.317 e. The number of hydrogen-bond acceptors (Lipinski definition) is 1. The maximum absolute atomic E-state index is 13.1. The molecule has 0 saturated heterocycles. The summed E-state index contributed by atoms with van der Waals surface area (Å²) in [6.45, 7) is 0.0884. The summed E-state index contributed by atoms with van der Waals surface area (Å²) in [7, 11) is 1.59. The van der Waals surface area contributed by atoms with Crippen LogP contribution in [0.5, 0.6) is 0 Å². The highest BCUT2D eigenvalue weighted by atomic mass is 19.2. The van der Waals surface area contributed by atoms with Crippen molar-refractivity contribution in [1.82, 2.24) is 5.32 Å². The molecular formula is C9H10F3N. The molecule has 0 bridgehead atoms. The lowest BCUT2D eigenvalue weighted by Gasteiger charge is -2.07. The number of hydrogen-bond donors (Lipinski definition) is 1. The van der Waals surface area contributed by atoms with E-state index in [-0.39, 0.29) is 12.1 Å². The number of likely N-dealkylation sites (N-methyl/N-ethyl adjacent to an activating group) is 1. The van der Waals surface area contributed by atoms with Crippen molar-refractivity contribution in [3.05, 3.63) is 35.4 Å². The Hall–Kier alpha value is -1.03. The van der Waals surface area contributed by atoms with Gasteiger partial charge in [0.2, 0.25) is 0 Å². The van der Waals surface area contributed by atoms with E-state index in [2.05, 4.69) is 5.32 Å². The van der Waals surface area contributed by atoms with Crippen LogP contribution in [0.1, 0.15) is 11.7 Å². The van der Waals surface area contributed by atoms with E-state index in [9.17, 15) is 13.2 Å². The van der Waals surface area contributed by atoms with E-state index in [4.69, 9.17) is 0 Å². The average Bonchev–Trinajstić information content (AvgIpc) is 2.10. The standard InChI is InChI=1S/C9H10F3N/c1-13-5-9(12)6-2-3-7(10)8(11)4-6/h2-4,9,13H,5H2,1H3. The second-order valence-corrected chi connectivity index (χ2v) is 2.70. The van der Waals surface area contributed by atoms with Gasteiger partial charge in [-0.05, 0) is 24.7 Å². The maximum Gasteiger partial charge on any atom is 0.159 e. The molecular weight excluding hydrogens is 179 g/mol. The molecule has 0 radical (unpaired) electrons. The zero-order valence-corrected chi connectivity index (χ0v) is 7.15. The van der Waals surface area contributed by atoms with Gasteiger partial charge in [0.25, 0.3) is 0 Å². The Labute approximate surface area is 74.6 Å². The normalized spacial score (nSPS) is 12.9. The van der Waals surface area contributed by atoms with Crippen LogP contribution in [0, 0.1) is 11.6 Å². The zero-order valence-electron chi connectivity index (χ0n) is 7.15. The summed E-state index contributed by atoms with van der Waals surface area (Å²) in [5.41, 5.74) is 0.147. The van der Waals surface area contributed by atoms with Crippen molar-refractivity contribution in [1.29, 1.82) is 0 Å². The van der Waals surface area contributed by atoms with Crippen molar-refractivity contribution in [2.45, 2.75) is 6.17 Å². The second-order valence-electron chi connectivity index (χ2n) is 2.70. The summed E-state index contributed by atoms with van der Waals surface area (Å²) in [6.07, 6.45) is -1.31. The van der Waals surface area contributed by atoms with Gasteiger partial charge in [-0.3, -0.25) is 0 Å². The molecule has 1 rings (SSSR count). The molecule has 1 unspecified atom stereocenters. The first kappa shape index (κ1) is 10.1. The number of alkyl halides is 1. The average molecular weight is 189 g/mol. The van der Waals surface area contributed by atoms with E-state index in [1.165, 1.54) is 6.07 Å². The van der Waals surface area contributed by atoms with E-state index in [1.54, 1.807) is 7.05 Å². The summed E-state index contributed by atoms with van der Waals surface area (Å²) in [4.78, 5) is 0. The van der Waals surface area contributed by atoms with Gasteiger partial charge in [0.05, 0.1) is 0 Å². The van der Waals surface area contributed by atoms with Gasteiger partial charge in [0.1, 0.15) is 6.17 Å². The molecule has 1 nitrogen and oxygen atoms in total. The third-order valence-electron chi connectivity index (χ3n) is 1.69. The minimum atomic E-state index is -1.31. The van der Waals surface area contributed by atoms with E-state index < -0.39 is 17.8 Å². The van der Waals surface area contributed by atoms with Crippen LogP contribution in [0.4, 0.5) is 13.2 Å². The summed E-state index contributed by atoms with van der Waals surface area (Å²) in [6, 6.07) is 3.03. The van der Waals surface area contributed by atoms with Gasteiger partial charge in [0.15, 0.2) is 11.6 Å². The number of halogens is 3. The predicted octanol–water partition coefficient (Wildman–Crippen LogP) is 2.19. The Morgan fingerprint density at radius 1 is 1.31 bits per heavy atom. The van der Waals surface area contributed by atoms with E-state index in [1.807, 2.05) is 0 Å². The monoisotopic (exact) mass is 189 g/mol. The molecule has 0 heterocycles. The number of rotatable bonds is 3. The van der Waals surface area contributed by atoms with Crippen LogP contribution in [-0.2, 0) is 0 Å². The molecule has 0 aromatic heterocycles. The number of benzene rings is 1. The largest absolute Gasteiger partial charge is 0.317 e. The Balaban J connectivity index is 2.84. The smallest absolute Gasteiger partial charge is 0.159 e. The van der Waals surface area contributed by atoms with Crippen molar-refractivity contribution in [2.75, 3.05) is 13.6 Å². The second kappa shape index (κ2) is 4.28. The fourth-order valence-electron chi connectivity index (χ4n) is 1.00. The van der Waals surface area contributed by atoms with E-state index >= 15 is 0 Å². The van der Waals surface area contributed by atoms with Gasteiger partial charge in [-0.2, -0.15) is 0 Å². The van der Waals surface area contributed by atoms with Crippen LogP contribution in [0.15, 0.2) is 18.2 Å². The van der Waals surface area contributed by atoms with Crippen molar-refractivity contribution in [3.8, 4) is 0 Å². The molecule has 0 spiro atoms. The summed E-state index contributed by atoms with van der Waals surface area (Å²) in [5, 5.41) is 2.61. The van der Waals surface area contributed by atoms with Gasteiger partial charge in [0, 0.05) is 6.54 Å². The number of nitrogens with one attached hydrogen (secondary N) is 1. The molecule has 0 fully saturated rings. The minimum absolute atomic E-state index is 0.0884. The Morgan fingerprint density at radius 3 is 2.54 bits per heavy atom. The van der Waals surface area contributed by atoms with Gasteiger partial charge in [-0.1, -0.05) is 6.07 Å². The lowest BCUT2D eigenvalue weighted by atomic mass is 10.1. The fourth-order valence-corrected chi connectivity index (χ4v) is 1.00. The first-order valence-corrected chi connectivity index (χ1v) is 3.88. The molecule has 1 aromatic rings. The molecule has 1 atom stereocenters. The topological polar surface area (TPSA) is 12.0 Å². The first-order chi connectivity index (χ1) is 6.15.